The van der Waals surface area contributed by atoms with Crippen LogP contribution in [-0.2, 0) is 21.1 Å². The van der Waals surface area contributed by atoms with E-state index in [0.717, 1.165) is 27.3 Å². The van der Waals surface area contributed by atoms with Gasteiger partial charge >= 0.3 is 5.69 Å². The fourth-order valence-corrected chi connectivity index (χ4v) is 2.07. The Morgan fingerprint density at radius 2 is 1.17 bits per heavy atom. The largest absolute Gasteiger partial charge is 0.330 e. The highest BCUT2D eigenvalue weighted by Gasteiger charge is 2.06. The predicted molar refractivity (Wildman–Crippen MR) is 90.1 cm³/mol. The average molecular weight is 320 g/mol. The van der Waals surface area contributed by atoms with E-state index in [2.05, 4.69) is 4.98 Å². The molecule has 0 fully saturated rings. The fourth-order valence-electron chi connectivity index (χ4n) is 2.07. The number of nitrogens with zero attached hydrogens (tertiary/aromatic N) is 4. The van der Waals surface area contributed by atoms with Crippen LogP contribution in [0.4, 0.5) is 0 Å². The first-order valence-electron chi connectivity index (χ1n) is 7.24. The molecule has 0 saturated carbocycles. The van der Waals surface area contributed by atoms with Gasteiger partial charge < -0.3 is 4.57 Å². The summed E-state index contributed by atoms with van der Waals surface area (Å²) in [5, 5.41) is 0. The third-order valence-corrected chi connectivity index (χ3v) is 4.23. The average Bonchev–Trinajstić information content (AvgIpc) is 2.53. The number of aryl methyl sites for hydroxylation is 2. The molecular weight excluding hydrogens is 296 g/mol. The van der Waals surface area contributed by atoms with Crippen LogP contribution in [0.1, 0.15) is 28.3 Å². The van der Waals surface area contributed by atoms with Crippen molar-refractivity contribution >= 4 is 0 Å². The minimum Gasteiger partial charge on any atom is -0.301 e. The predicted octanol–water partition coefficient (Wildman–Crippen LogP) is 0.406. The third-order valence-electron chi connectivity index (χ3n) is 4.23. The topological polar surface area (TPSA) is 78.9 Å². The van der Waals surface area contributed by atoms with Gasteiger partial charge in [0.05, 0.1) is 0 Å². The van der Waals surface area contributed by atoms with E-state index in [1.165, 1.54) is 11.6 Å². The van der Waals surface area contributed by atoms with Crippen LogP contribution >= 0.6 is 0 Å². The molecule has 2 aromatic heterocycles. The van der Waals surface area contributed by atoms with E-state index < -0.39 is 0 Å². The van der Waals surface area contributed by atoms with E-state index >= 15 is 0 Å². The molecule has 0 bridgehead atoms. The molecule has 126 valence electrons. The molecule has 0 N–H and O–H groups in total. The Hall–Kier alpha value is -2.44. The molecule has 0 aliphatic carbocycles. The Labute approximate surface area is 134 Å². The SMILES string of the molecule is Cc1c(C)n(C)c(=O)n(C)c1=O.Cc1nc(C)n(C)c(=O)c1C. The first-order valence-corrected chi connectivity index (χ1v) is 7.24. The molecule has 2 aromatic rings. The third kappa shape index (κ3) is 3.49. The fraction of sp³-hybridized carbons (Fsp3) is 0.500. The number of rotatable bonds is 0. The monoisotopic (exact) mass is 320 g/mol. The minimum absolute atomic E-state index is 0.0509. The van der Waals surface area contributed by atoms with Crippen molar-refractivity contribution in [3.63, 3.8) is 0 Å². The van der Waals surface area contributed by atoms with Gasteiger partial charge in [-0.3, -0.25) is 18.7 Å². The molecule has 7 heteroatoms. The van der Waals surface area contributed by atoms with Crippen LogP contribution in [-0.4, -0.2) is 18.7 Å². The second-order valence-corrected chi connectivity index (χ2v) is 5.65. The molecule has 2 rings (SSSR count). The Kier molecular flexibility index (Phi) is 5.47. The van der Waals surface area contributed by atoms with Crippen molar-refractivity contribution in [3.8, 4) is 0 Å². The summed E-state index contributed by atoms with van der Waals surface area (Å²) >= 11 is 0. The van der Waals surface area contributed by atoms with Crippen LogP contribution in [0.15, 0.2) is 14.4 Å². The zero-order valence-electron chi connectivity index (χ0n) is 15.0. The number of hydrogen-bond acceptors (Lipinski definition) is 4. The molecule has 0 aromatic carbocycles. The molecule has 0 radical (unpaired) electrons. The highest BCUT2D eigenvalue weighted by molar-refractivity contribution is 5.15. The summed E-state index contributed by atoms with van der Waals surface area (Å²) in [5.74, 6) is 0.762. The highest BCUT2D eigenvalue weighted by Crippen LogP contribution is 1.97. The summed E-state index contributed by atoms with van der Waals surface area (Å²) in [6.07, 6.45) is 0. The maximum atomic E-state index is 11.3. The van der Waals surface area contributed by atoms with Gasteiger partial charge in [0, 0.05) is 43.7 Å². The second-order valence-electron chi connectivity index (χ2n) is 5.65. The lowest BCUT2D eigenvalue weighted by Gasteiger charge is -2.07. The van der Waals surface area contributed by atoms with E-state index in [1.54, 1.807) is 39.4 Å². The molecule has 0 unspecified atom stereocenters. The molecule has 0 spiro atoms. The summed E-state index contributed by atoms with van der Waals surface area (Å²) in [4.78, 5) is 38.1. The maximum absolute atomic E-state index is 11.3. The quantitative estimate of drug-likeness (QED) is 0.704. The van der Waals surface area contributed by atoms with E-state index in [1.807, 2.05) is 13.8 Å². The van der Waals surface area contributed by atoms with Gasteiger partial charge in [0.25, 0.3) is 11.1 Å². The Bertz CT molecular complexity index is 850. The summed E-state index contributed by atoms with van der Waals surface area (Å²) in [5.41, 5.74) is 2.47. The van der Waals surface area contributed by atoms with E-state index in [4.69, 9.17) is 0 Å². The zero-order chi connectivity index (χ0) is 18.1. The highest BCUT2D eigenvalue weighted by atomic mass is 16.2. The molecule has 7 nitrogen and oxygen atoms in total. The normalized spacial score (nSPS) is 10.3. The first-order chi connectivity index (χ1) is 10.5. The minimum atomic E-state index is -0.275. The molecule has 0 saturated heterocycles. The van der Waals surface area contributed by atoms with Crippen molar-refractivity contribution in [1.29, 1.82) is 0 Å². The van der Waals surface area contributed by atoms with Crippen molar-refractivity contribution in [2.45, 2.75) is 34.6 Å². The molecule has 0 aliphatic heterocycles. The first kappa shape index (κ1) is 18.6. The van der Waals surface area contributed by atoms with Crippen LogP contribution in [0.3, 0.4) is 0 Å². The molecule has 0 atom stereocenters. The van der Waals surface area contributed by atoms with Gasteiger partial charge in [0.15, 0.2) is 0 Å². The molecule has 0 amide bonds. The zero-order valence-corrected chi connectivity index (χ0v) is 15.0. The summed E-state index contributed by atoms with van der Waals surface area (Å²) in [6.45, 7) is 8.96. The Balaban J connectivity index is 0.000000231. The Morgan fingerprint density at radius 3 is 1.70 bits per heavy atom. The van der Waals surface area contributed by atoms with Crippen molar-refractivity contribution in [1.82, 2.24) is 18.7 Å². The summed E-state index contributed by atoms with van der Waals surface area (Å²) < 4.78 is 4.14. The van der Waals surface area contributed by atoms with Crippen LogP contribution in [0, 0.1) is 34.6 Å². The maximum Gasteiger partial charge on any atom is 0.330 e. The summed E-state index contributed by atoms with van der Waals surface area (Å²) in [7, 11) is 4.87. The van der Waals surface area contributed by atoms with E-state index in [0.29, 0.717) is 5.56 Å². The molecule has 23 heavy (non-hydrogen) atoms. The lowest BCUT2D eigenvalue weighted by atomic mass is 10.2. The lowest BCUT2D eigenvalue weighted by molar-refractivity contribution is 0.658. The molecular formula is C16H24N4O3. The molecule has 0 aliphatic rings. The smallest absolute Gasteiger partial charge is 0.301 e. The van der Waals surface area contributed by atoms with Gasteiger partial charge in [0.2, 0.25) is 0 Å². The van der Waals surface area contributed by atoms with Crippen molar-refractivity contribution in [3.05, 3.63) is 59.5 Å². The molecule has 2 heterocycles. The number of aromatic nitrogens is 4. The van der Waals surface area contributed by atoms with Gasteiger partial charge in [-0.1, -0.05) is 0 Å². The second kappa shape index (κ2) is 6.76. The van der Waals surface area contributed by atoms with Gasteiger partial charge in [-0.05, 0) is 34.6 Å². The number of hydrogen-bond donors (Lipinski definition) is 0. The summed E-state index contributed by atoms with van der Waals surface area (Å²) in [6, 6.07) is 0. The lowest BCUT2D eigenvalue weighted by Crippen LogP contribution is -2.39. The van der Waals surface area contributed by atoms with Crippen LogP contribution in [0.2, 0.25) is 0 Å². The van der Waals surface area contributed by atoms with Gasteiger partial charge in [-0.25, -0.2) is 9.78 Å². The van der Waals surface area contributed by atoms with E-state index in [9.17, 15) is 14.4 Å². The van der Waals surface area contributed by atoms with Crippen LogP contribution < -0.4 is 16.8 Å². The standard InChI is InChI=1S/C8H12N2O2.C8H12N2O/c1-5-6(2)9(3)8(12)10(4)7(5)11;1-5-6(2)9-7(3)10(4)8(5)11/h1-4H3;1-4H3. The van der Waals surface area contributed by atoms with Crippen LogP contribution in [0.5, 0.6) is 0 Å². The van der Waals surface area contributed by atoms with Crippen molar-refractivity contribution in [2.75, 3.05) is 0 Å². The van der Waals surface area contributed by atoms with Crippen molar-refractivity contribution < 1.29 is 0 Å². The Morgan fingerprint density at radius 1 is 0.696 bits per heavy atom. The van der Waals surface area contributed by atoms with Gasteiger partial charge in [-0.15, -0.1) is 0 Å². The van der Waals surface area contributed by atoms with E-state index in [-0.39, 0.29) is 16.8 Å². The van der Waals surface area contributed by atoms with Gasteiger partial charge in [0.1, 0.15) is 5.82 Å². The van der Waals surface area contributed by atoms with Crippen molar-refractivity contribution in [2.24, 2.45) is 21.1 Å². The van der Waals surface area contributed by atoms with Gasteiger partial charge in [-0.2, -0.15) is 0 Å². The van der Waals surface area contributed by atoms with Crippen LogP contribution in [0.25, 0.3) is 0 Å².